The number of rotatable bonds is 7. The molecule has 1 atom stereocenters. The minimum atomic E-state index is -2.14. The third-order valence-electron chi connectivity index (χ3n) is 2.20. The number of hydrogen-bond donors (Lipinski definition) is 1. The number of hydrogen-bond acceptors (Lipinski definition) is 4. The maximum Gasteiger partial charge on any atom is 0.364 e. The SMILES string of the molecule is CCC(OCCN)[Si](C)(OC)OC. The summed E-state index contributed by atoms with van der Waals surface area (Å²) in [4.78, 5) is 0. The molecule has 1 unspecified atom stereocenters. The molecule has 0 rings (SSSR count). The Bertz CT molecular complexity index is 131. The maximum atomic E-state index is 5.57. The summed E-state index contributed by atoms with van der Waals surface area (Å²) in [5.41, 5.74) is 5.43. The van der Waals surface area contributed by atoms with Gasteiger partial charge in [0.25, 0.3) is 0 Å². The Kier molecular flexibility index (Phi) is 6.53. The lowest BCUT2D eigenvalue weighted by Crippen LogP contribution is -2.50. The van der Waals surface area contributed by atoms with Crippen molar-refractivity contribution in [3.8, 4) is 0 Å². The molecule has 0 amide bonds. The van der Waals surface area contributed by atoms with Crippen molar-refractivity contribution < 1.29 is 13.6 Å². The monoisotopic (exact) mass is 207 g/mol. The van der Waals surface area contributed by atoms with E-state index in [1.54, 1.807) is 14.2 Å². The van der Waals surface area contributed by atoms with Gasteiger partial charge in [-0.3, -0.25) is 0 Å². The van der Waals surface area contributed by atoms with Gasteiger partial charge in [0, 0.05) is 20.8 Å². The van der Waals surface area contributed by atoms with Gasteiger partial charge in [0.2, 0.25) is 0 Å². The molecule has 0 saturated carbocycles. The topological polar surface area (TPSA) is 53.7 Å². The summed E-state index contributed by atoms with van der Waals surface area (Å²) in [7, 11) is 1.20. The summed E-state index contributed by atoms with van der Waals surface area (Å²) in [6.45, 7) is 5.16. The van der Waals surface area contributed by atoms with Crippen LogP contribution in [0.2, 0.25) is 6.55 Å². The Balaban J connectivity index is 4.16. The lowest BCUT2D eigenvalue weighted by Gasteiger charge is -2.30. The largest absolute Gasteiger partial charge is 0.396 e. The molecule has 0 aliphatic rings. The highest BCUT2D eigenvalue weighted by molar-refractivity contribution is 6.67. The molecule has 0 spiro atoms. The van der Waals surface area contributed by atoms with Crippen LogP contribution in [0.4, 0.5) is 0 Å². The van der Waals surface area contributed by atoms with Crippen LogP contribution in [0, 0.1) is 0 Å². The van der Waals surface area contributed by atoms with Crippen molar-refractivity contribution in [2.45, 2.75) is 25.6 Å². The van der Waals surface area contributed by atoms with Crippen molar-refractivity contribution in [2.75, 3.05) is 27.4 Å². The van der Waals surface area contributed by atoms with Crippen LogP contribution in [0.25, 0.3) is 0 Å². The van der Waals surface area contributed by atoms with E-state index in [0.29, 0.717) is 13.2 Å². The van der Waals surface area contributed by atoms with E-state index < -0.39 is 8.56 Å². The van der Waals surface area contributed by atoms with Gasteiger partial charge in [-0.15, -0.1) is 0 Å². The molecule has 0 fully saturated rings. The van der Waals surface area contributed by atoms with E-state index >= 15 is 0 Å². The summed E-state index contributed by atoms with van der Waals surface area (Å²) >= 11 is 0. The second kappa shape index (κ2) is 6.50. The molecule has 0 radical (unpaired) electrons. The highest BCUT2D eigenvalue weighted by atomic mass is 28.4. The molecule has 0 heterocycles. The van der Waals surface area contributed by atoms with Crippen molar-refractivity contribution >= 4 is 8.56 Å². The zero-order valence-corrected chi connectivity index (χ0v) is 10.0. The first-order valence-corrected chi connectivity index (χ1v) is 6.96. The van der Waals surface area contributed by atoms with Crippen LogP contribution < -0.4 is 5.73 Å². The van der Waals surface area contributed by atoms with Crippen molar-refractivity contribution in [3.63, 3.8) is 0 Å². The van der Waals surface area contributed by atoms with Crippen molar-refractivity contribution in [1.82, 2.24) is 0 Å². The number of nitrogens with two attached hydrogens (primary N) is 1. The first-order chi connectivity index (χ1) is 6.14. The molecule has 0 aromatic carbocycles. The summed E-state index contributed by atoms with van der Waals surface area (Å²) in [5, 5.41) is 0. The Labute approximate surface area is 81.6 Å². The van der Waals surface area contributed by atoms with Crippen LogP contribution in [0.3, 0.4) is 0 Å². The minimum Gasteiger partial charge on any atom is -0.396 e. The maximum absolute atomic E-state index is 5.57. The molecular formula is C8H21NO3Si. The van der Waals surface area contributed by atoms with Gasteiger partial charge < -0.3 is 19.3 Å². The smallest absolute Gasteiger partial charge is 0.364 e. The van der Waals surface area contributed by atoms with Crippen LogP contribution in [-0.2, 0) is 13.6 Å². The molecular weight excluding hydrogens is 186 g/mol. The zero-order chi connectivity index (χ0) is 10.3. The van der Waals surface area contributed by atoms with Crippen LogP contribution >= 0.6 is 0 Å². The summed E-state index contributed by atoms with van der Waals surface area (Å²) in [6.07, 6.45) is 0.893. The van der Waals surface area contributed by atoms with Gasteiger partial charge in [-0.25, -0.2) is 0 Å². The molecule has 80 valence electrons. The fourth-order valence-corrected chi connectivity index (χ4v) is 3.05. The molecule has 0 aliphatic heterocycles. The van der Waals surface area contributed by atoms with Crippen LogP contribution in [0.5, 0.6) is 0 Å². The van der Waals surface area contributed by atoms with Gasteiger partial charge in [0.15, 0.2) is 0 Å². The van der Waals surface area contributed by atoms with Gasteiger partial charge >= 0.3 is 8.56 Å². The van der Waals surface area contributed by atoms with Gasteiger partial charge in [-0.1, -0.05) is 6.92 Å². The Morgan fingerprint density at radius 2 is 1.85 bits per heavy atom. The normalized spacial score (nSPS) is 14.5. The van der Waals surface area contributed by atoms with E-state index in [4.69, 9.17) is 19.3 Å². The predicted molar refractivity (Wildman–Crippen MR) is 54.7 cm³/mol. The van der Waals surface area contributed by atoms with Gasteiger partial charge in [0.05, 0.1) is 6.61 Å². The van der Waals surface area contributed by atoms with E-state index in [2.05, 4.69) is 6.92 Å². The lowest BCUT2D eigenvalue weighted by atomic mass is 10.5. The lowest BCUT2D eigenvalue weighted by molar-refractivity contribution is 0.0625. The molecule has 0 aromatic rings. The van der Waals surface area contributed by atoms with Crippen molar-refractivity contribution in [3.05, 3.63) is 0 Å². The minimum absolute atomic E-state index is 0.0612. The molecule has 4 nitrogen and oxygen atoms in total. The first-order valence-electron chi connectivity index (χ1n) is 4.56. The van der Waals surface area contributed by atoms with Gasteiger partial charge in [-0.05, 0) is 13.0 Å². The summed E-state index contributed by atoms with van der Waals surface area (Å²) in [6, 6.07) is 0. The summed E-state index contributed by atoms with van der Waals surface area (Å²) < 4.78 is 16.3. The summed E-state index contributed by atoms with van der Waals surface area (Å²) in [5.74, 6) is 0. The second-order valence-corrected chi connectivity index (χ2v) is 6.47. The molecule has 5 heteroatoms. The van der Waals surface area contributed by atoms with E-state index in [1.165, 1.54) is 0 Å². The van der Waals surface area contributed by atoms with Crippen LogP contribution in [0.1, 0.15) is 13.3 Å². The molecule has 13 heavy (non-hydrogen) atoms. The average Bonchev–Trinajstić information content (AvgIpc) is 2.18. The van der Waals surface area contributed by atoms with Crippen LogP contribution in [0.15, 0.2) is 0 Å². The Morgan fingerprint density at radius 1 is 1.31 bits per heavy atom. The van der Waals surface area contributed by atoms with E-state index in [9.17, 15) is 0 Å². The molecule has 0 saturated heterocycles. The quantitative estimate of drug-likeness (QED) is 0.623. The Morgan fingerprint density at radius 3 is 2.15 bits per heavy atom. The van der Waals surface area contributed by atoms with E-state index in [1.807, 2.05) is 6.55 Å². The molecule has 0 bridgehead atoms. The van der Waals surface area contributed by atoms with Crippen molar-refractivity contribution in [2.24, 2.45) is 5.73 Å². The molecule has 0 aliphatic carbocycles. The fourth-order valence-electron chi connectivity index (χ4n) is 1.20. The molecule has 0 aromatic heterocycles. The average molecular weight is 207 g/mol. The fraction of sp³-hybridized carbons (Fsp3) is 1.00. The zero-order valence-electron chi connectivity index (χ0n) is 9.00. The Hall–Kier alpha value is 0.0569. The standard InChI is InChI=1S/C8H21NO3Si/c1-5-8(12-7-6-9)13(4,10-2)11-3/h8H,5-7,9H2,1-4H3. The van der Waals surface area contributed by atoms with Gasteiger partial charge in [-0.2, -0.15) is 0 Å². The molecule has 2 N–H and O–H groups in total. The van der Waals surface area contributed by atoms with Crippen molar-refractivity contribution in [1.29, 1.82) is 0 Å². The third kappa shape index (κ3) is 3.74. The predicted octanol–water partition coefficient (Wildman–Crippen LogP) is 0.644. The van der Waals surface area contributed by atoms with E-state index in [-0.39, 0.29) is 5.73 Å². The van der Waals surface area contributed by atoms with E-state index in [0.717, 1.165) is 6.42 Å². The first kappa shape index (κ1) is 13.1. The number of ether oxygens (including phenoxy) is 1. The highest BCUT2D eigenvalue weighted by Gasteiger charge is 2.39. The third-order valence-corrected chi connectivity index (χ3v) is 5.57. The van der Waals surface area contributed by atoms with Crippen LogP contribution in [-0.4, -0.2) is 41.7 Å². The van der Waals surface area contributed by atoms with Gasteiger partial charge in [0.1, 0.15) is 5.73 Å². The second-order valence-electron chi connectivity index (χ2n) is 2.98. The highest BCUT2D eigenvalue weighted by Crippen LogP contribution is 2.16.